The molecule has 144 valence electrons. The minimum atomic E-state index is -0.118. The van der Waals surface area contributed by atoms with Gasteiger partial charge in [0.25, 0.3) is 0 Å². The average molecular weight is 433 g/mol. The smallest absolute Gasteiger partial charge is 0.217 e. The van der Waals surface area contributed by atoms with E-state index in [1.165, 1.54) is 25.5 Å². The van der Waals surface area contributed by atoms with Gasteiger partial charge in [-0.3, -0.25) is 10.2 Å². The topological polar surface area (TPSA) is 67.2 Å². The van der Waals surface area contributed by atoms with Crippen LogP contribution in [-0.2, 0) is 13.1 Å². The summed E-state index contributed by atoms with van der Waals surface area (Å²) in [5.74, 6) is 0.217. The van der Waals surface area contributed by atoms with Crippen LogP contribution in [0.4, 0.5) is 0 Å². The van der Waals surface area contributed by atoms with Crippen LogP contribution in [0.1, 0.15) is 29.8 Å². The summed E-state index contributed by atoms with van der Waals surface area (Å²) in [5, 5.41) is 8.64. The number of carbonyl (C=O) groups excluding carboxylic acids is 1. The van der Waals surface area contributed by atoms with E-state index in [1.54, 1.807) is 16.7 Å². The summed E-state index contributed by atoms with van der Waals surface area (Å²) in [6, 6.07) is 11.3. The Kier molecular flexibility index (Phi) is 6.34. The van der Waals surface area contributed by atoms with Gasteiger partial charge in [-0.05, 0) is 50.2 Å². The molecule has 1 aromatic carbocycles. The molecule has 0 radical (unpaired) electrons. The highest BCUT2D eigenvalue weighted by Gasteiger charge is 2.17. The lowest BCUT2D eigenvalue weighted by molar-refractivity contribution is 0.0944. The molecule has 3 heterocycles. The van der Waals surface area contributed by atoms with E-state index >= 15 is 0 Å². The number of likely N-dealkylation sites (tertiary alicyclic amines) is 1. The maximum Gasteiger partial charge on any atom is 0.217 e. The molecule has 1 aliphatic heterocycles. The van der Waals surface area contributed by atoms with Crippen molar-refractivity contribution in [3.05, 3.63) is 54.0 Å². The van der Waals surface area contributed by atoms with Gasteiger partial charge >= 0.3 is 0 Å². The number of fused-ring (bicyclic) bond motifs is 1. The molecule has 7 heteroatoms. The first kappa shape index (κ1) is 19.6. The molecule has 1 fully saturated rings. The van der Waals surface area contributed by atoms with Crippen molar-refractivity contribution in [3.63, 3.8) is 0 Å². The molecule has 0 aliphatic carbocycles. The molecule has 0 amide bonds. The number of Topliss-reactive ketones (excluding diaryl/α,β-unsaturated/α-hetero) is 1. The largest absolute Gasteiger partial charge is 0.461 e. The van der Waals surface area contributed by atoms with Gasteiger partial charge in [0.15, 0.2) is 5.76 Å². The number of furan rings is 1. The van der Waals surface area contributed by atoms with Gasteiger partial charge in [0.05, 0.1) is 23.8 Å². The van der Waals surface area contributed by atoms with Gasteiger partial charge in [-0.15, -0.1) is 17.0 Å². The first-order chi connectivity index (χ1) is 12.7. The van der Waals surface area contributed by atoms with Gasteiger partial charge < -0.3 is 18.5 Å². The second-order valence-electron chi connectivity index (χ2n) is 6.85. The number of nitrogens with one attached hydrogen (secondary N) is 1. The van der Waals surface area contributed by atoms with E-state index in [2.05, 4.69) is 4.90 Å². The molecule has 1 N–H and O–H groups in total. The van der Waals surface area contributed by atoms with Crippen molar-refractivity contribution in [2.24, 2.45) is 0 Å². The number of para-hydroxylation sites is 2. The second-order valence-corrected chi connectivity index (χ2v) is 6.85. The SMILES string of the molecule is Br.N=c1n(CCN2CCCCC2)c2ccccc2n1CC(=O)c1ccco1. The highest BCUT2D eigenvalue weighted by atomic mass is 79.9. The van der Waals surface area contributed by atoms with E-state index < -0.39 is 0 Å². The van der Waals surface area contributed by atoms with Crippen molar-refractivity contribution >= 4 is 33.8 Å². The van der Waals surface area contributed by atoms with Crippen LogP contribution < -0.4 is 5.62 Å². The Morgan fingerprint density at radius 3 is 2.33 bits per heavy atom. The van der Waals surface area contributed by atoms with Crippen LogP contribution >= 0.6 is 17.0 Å². The van der Waals surface area contributed by atoms with Crippen LogP contribution in [0.3, 0.4) is 0 Å². The fourth-order valence-electron chi connectivity index (χ4n) is 3.76. The number of piperidine rings is 1. The van der Waals surface area contributed by atoms with Gasteiger partial charge in [0.1, 0.15) is 0 Å². The molecular formula is C20H25BrN4O2. The lowest BCUT2D eigenvalue weighted by Crippen LogP contribution is -2.35. The monoisotopic (exact) mass is 432 g/mol. The van der Waals surface area contributed by atoms with Gasteiger partial charge in [0.2, 0.25) is 11.4 Å². The highest BCUT2D eigenvalue weighted by molar-refractivity contribution is 8.93. The van der Waals surface area contributed by atoms with Crippen molar-refractivity contribution in [1.29, 1.82) is 5.41 Å². The maximum absolute atomic E-state index is 12.5. The Hall–Kier alpha value is -2.12. The summed E-state index contributed by atoms with van der Waals surface area (Å²) in [7, 11) is 0. The zero-order valence-electron chi connectivity index (χ0n) is 15.3. The molecule has 4 rings (SSSR count). The summed E-state index contributed by atoms with van der Waals surface area (Å²) >= 11 is 0. The number of nitrogens with zero attached hydrogens (tertiary/aromatic N) is 3. The average Bonchev–Trinajstić information content (AvgIpc) is 3.29. The molecular weight excluding hydrogens is 408 g/mol. The van der Waals surface area contributed by atoms with E-state index in [9.17, 15) is 4.79 Å². The number of carbonyl (C=O) groups is 1. The van der Waals surface area contributed by atoms with Crippen molar-refractivity contribution in [3.8, 4) is 0 Å². The minimum absolute atomic E-state index is 0. The Balaban J connectivity index is 0.00000210. The van der Waals surface area contributed by atoms with E-state index in [0.29, 0.717) is 11.4 Å². The van der Waals surface area contributed by atoms with Crippen molar-refractivity contribution in [2.45, 2.75) is 32.4 Å². The normalized spacial score (nSPS) is 15.0. The third kappa shape index (κ3) is 4.09. The first-order valence-corrected chi connectivity index (χ1v) is 9.26. The zero-order valence-corrected chi connectivity index (χ0v) is 17.0. The van der Waals surface area contributed by atoms with Crippen molar-refractivity contribution in [2.75, 3.05) is 19.6 Å². The number of imidazole rings is 1. The maximum atomic E-state index is 12.5. The Labute approximate surface area is 168 Å². The third-order valence-corrected chi connectivity index (χ3v) is 5.16. The molecule has 0 spiro atoms. The number of hydrogen-bond acceptors (Lipinski definition) is 4. The highest BCUT2D eigenvalue weighted by Crippen LogP contribution is 2.15. The van der Waals surface area contributed by atoms with Gasteiger partial charge in [0, 0.05) is 13.1 Å². The molecule has 6 nitrogen and oxygen atoms in total. The van der Waals surface area contributed by atoms with Crippen molar-refractivity contribution in [1.82, 2.24) is 14.0 Å². The number of rotatable bonds is 6. The van der Waals surface area contributed by atoms with Gasteiger partial charge in [-0.25, -0.2) is 0 Å². The minimum Gasteiger partial charge on any atom is -0.461 e. The van der Waals surface area contributed by atoms with Crippen molar-refractivity contribution < 1.29 is 9.21 Å². The van der Waals surface area contributed by atoms with Crippen LogP contribution in [0.25, 0.3) is 11.0 Å². The van der Waals surface area contributed by atoms with Gasteiger partial charge in [-0.2, -0.15) is 0 Å². The summed E-state index contributed by atoms with van der Waals surface area (Å²) < 4.78 is 9.00. The quantitative estimate of drug-likeness (QED) is 0.606. The van der Waals surface area contributed by atoms with Gasteiger partial charge in [-0.1, -0.05) is 18.6 Å². The van der Waals surface area contributed by atoms with Crippen LogP contribution in [-0.4, -0.2) is 39.5 Å². The zero-order chi connectivity index (χ0) is 17.9. The summed E-state index contributed by atoms with van der Waals surface area (Å²) in [6.07, 6.45) is 5.35. The first-order valence-electron chi connectivity index (χ1n) is 9.26. The Morgan fingerprint density at radius 2 is 1.67 bits per heavy atom. The fourth-order valence-corrected chi connectivity index (χ4v) is 3.76. The summed E-state index contributed by atoms with van der Waals surface area (Å²) in [5.41, 5.74) is 2.28. The molecule has 1 saturated heterocycles. The number of hydrogen-bond donors (Lipinski definition) is 1. The third-order valence-electron chi connectivity index (χ3n) is 5.16. The van der Waals surface area contributed by atoms with E-state index in [1.807, 2.05) is 28.8 Å². The van der Waals surface area contributed by atoms with E-state index in [0.717, 1.165) is 37.2 Å². The number of halogens is 1. The second kappa shape index (κ2) is 8.71. The van der Waals surface area contributed by atoms with Crippen LogP contribution in [0.5, 0.6) is 0 Å². The van der Waals surface area contributed by atoms with E-state index in [-0.39, 0.29) is 29.3 Å². The molecule has 3 aromatic rings. The molecule has 0 atom stereocenters. The lowest BCUT2D eigenvalue weighted by atomic mass is 10.1. The van der Waals surface area contributed by atoms with Crippen LogP contribution in [0.15, 0.2) is 47.1 Å². The van der Waals surface area contributed by atoms with Crippen LogP contribution in [0.2, 0.25) is 0 Å². The summed E-state index contributed by atoms with van der Waals surface area (Å²) in [6.45, 7) is 4.11. The molecule has 0 saturated carbocycles. The molecule has 0 unspecified atom stereocenters. The number of ketones is 1. The van der Waals surface area contributed by atoms with Crippen LogP contribution in [0, 0.1) is 5.41 Å². The lowest BCUT2D eigenvalue weighted by Gasteiger charge is -2.26. The number of benzene rings is 1. The fraction of sp³-hybridized carbons (Fsp3) is 0.400. The molecule has 0 bridgehead atoms. The Bertz CT molecular complexity index is 952. The van der Waals surface area contributed by atoms with E-state index in [4.69, 9.17) is 9.83 Å². The standard InChI is InChI=1S/C20H24N4O2.BrH/c21-20-23(13-12-22-10-4-1-5-11-22)16-7-2-3-8-17(16)24(20)15-18(25)19-9-6-14-26-19;/h2-3,6-9,14,21H,1,4-5,10-13,15H2;1H. The number of aromatic nitrogens is 2. The molecule has 27 heavy (non-hydrogen) atoms. The predicted molar refractivity (Wildman–Crippen MR) is 109 cm³/mol. The Morgan fingerprint density at radius 1 is 0.963 bits per heavy atom. The molecule has 2 aromatic heterocycles. The summed E-state index contributed by atoms with van der Waals surface area (Å²) in [4.78, 5) is 14.9. The molecule has 1 aliphatic rings. The predicted octanol–water partition coefficient (Wildman–Crippen LogP) is 3.46.